The first-order chi connectivity index (χ1) is 14.4. The van der Waals surface area contributed by atoms with Crippen molar-refractivity contribution in [1.29, 1.82) is 0 Å². The van der Waals surface area contributed by atoms with Gasteiger partial charge in [0.2, 0.25) is 5.91 Å². The minimum absolute atomic E-state index is 0.126. The van der Waals surface area contributed by atoms with E-state index in [1.54, 1.807) is 31.4 Å². The maximum Gasteiger partial charge on any atom is 0.310 e. The van der Waals surface area contributed by atoms with Crippen LogP contribution < -0.4 is 10.1 Å². The molecule has 2 aromatic rings. The number of anilines is 1. The van der Waals surface area contributed by atoms with E-state index in [1.165, 1.54) is 23.1 Å². The van der Waals surface area contributed by atoms with Crippen LogP contribution in [0.3, 0.4) is 0 Å². The first-order valence-corrected chi connectivity index (χ1v) is 9.89. The zero-order valence-electron chi connectivity index (χ0n) is 17.3. The molecule has 2 amide bonds. The second-order valence-electron chi connectivity index (χ2n) is 7.32. The van der Waals surface area contributed by atoms with Crippen molar-refractivity contribution in [2.75, 3.05) is 32.6 Å². The molecule has 0 fully saturated rings. The van der Waals surface area contributed by atoms with Crippen LogP contribution >= 0.6 is 0 Å². The van der Waals surface area contributed by atoms with Crippen molar-refractivity contribution in [2.24, 2.45) is 0 Å². The molecule has 1 aliphatic carbocycles. The molecule has 0 aliphatic heterocycles. The van der Waals surface area contributed by atoms with Gasteiger partial charge in [-0.3, -0.25) is 14.4 Å². The fourth-order valence-corrected chi connectivity index (χ4v) is 3.41. The Kier molecular flexibility index (Phi) is 7.06. The maximum atomic E-state index is 12.2. The monoisotopic (exact) mass is 410 g/mol. The molecule has 7 nitrogen and oxygen atoms in total. The van der Waals surface area contributed by atoms with Crippen molar-refractivity contribution in [3.05, 3.63) is 59.2 Å². The largest absolute Gasteiger partial charge is 0.497 e. The number of benzene rings is 2. The Hall–Kier alpha value is -3.35. The van der Waals surface area contributed by atoms with Crippen LogP contribution in [0.15, 0.2) is 42.5 Å². The van der Waals surface area contributed by atoms with E-state index in [0.29, 0.717) is 11.4 Å². The molecule has 7 heteroatoms. The third kappa shape index (κ3) is 5.83. The number of ether oxygens (including phenoxy) is 2. The quantitative estimate of drug-likeness (QED) is 0.676. The SMILES string of the molecule is COc1cccc(NC(=O)CN(C)C(=O)COC(=O)Cc2ccc3c(c2)CCC3)c1. The molecule has 3 rings (SSSR count). The Morgan fingerprint density at radius 1 is 1.07 bits per heavy atom. The number of nitrogens with zero attached hydrogens (tertiary/aromatic N) is 1. The van der Waals surface area contributed by atoms with Gasteiger partial charge in [-0.25, -0.2) is 0 Å². The van der Waals surface area contributed by atoms with Crippen LogP contribution in [0, 0.1) is 0 Å². The van der Waals surface area contributed by atoms with Crippen molar-refractivity contribution in [1.82, 2.24) is 4.90 Å². The van der Waals surface area contributed by atoms with Crippen molar-refractivity contribution in [2.45, 2.75) is 25.7 Å². The molecule has 0 saturated heterocycles. The van der Waals surface area contributed by atoms with E-state index in [0.717, 1.165) is 24.8 Å². The van der Waals surface area contributed by atoms with E-state index in [-0.39, 0.29) is 18.9 Å². The first-order valence-electron chi connectivity index (χ1n) is 9.89. The molecule has 0 saturated carbocycles. The van der Waals surface area contributed by atoms with Gasteiger partial charge in [-0.15, -0.1) is 0 Å². The zero-order valence-corrected chi connectivity index (χ0v) is 17.3. The highest BCUT2D eigenvalue weighted by atomic mass is 16.5. The third-order valence-electron chi connectivity index (χ3n) is 5.03. The normalized spacial score (nSPS) is 12.1. The highest BCUT2D eigenvalue weighted by molar-refractivity contribution is 5.95. The minimum Gasteiger partial charge on any atom is -0.497 e. The van der Waals surface area contributed by atoms with Gasteiger partial charge in [0.05, 0.1) is 20.1 Å². The van der Waals surface area contributed by atoms with Gasteiger partial charge >= 0.3 is 5.97 Å². The number of carbonyl (C=O) groups is 3. The fourth-order valence-electron chi connectivity index (χ4n) is 3.41. The smallest absolute Gasteiger partial charge is 0.310 e. The summed E-state index contributed by atoms with van der Waals surface area (Å²) in [7, 11) is 3.03. The van der Waals surface area contributed by atoms with Crippen LogP contribution in [-0.2, 0) is 38.4 Å². The summed E-state index contributed by atoms with van der Waals surface area (Å²) >= 11 is 0. The first kappa shape index (κ1) is 21.4. The number of carbonyl (C=O) groups excluding carboxylic acids is 3. The Morgan fingerprint density at radius 3 is 2.67 bits per heavy atom. The summed E-state index contributed by atoms with van der Waals surface area (Å²) in [5.41, 5.74) is 4.09. The molecule has 1 N–H and O–H groups in total. The van der Waals surface area contributed by atoms with Crippen molar-refractivity contribution in [3.8, 4) is 5.75 Å². The maximum absolute atomic E-state index is 12.2. The average Bonchev–Trinajstić information content (AvgIpc) is 3.19. The second-order valence-corrected chi connectivity index (χ2v) is 7.32. The van der Waals surface area contributed by atoms with Gasteiger partial charge in [0.15, 0.2) is 6.61 Å². The summed E-state index contributed by atoms with van der Waals surface area (Å²) in [6.07, 6.45) is 3.40. The zero-order chi connectivity index (χ0) is 21.5. The number of likely N-dealkylation sites (N-methyl/N-ethyl adjacent to an activating group) is 1. The molecule has 0 unspecified atom stereocenters. The fraction of sp³-hybridized carbons (Fsp3) is 0.348. The molecule has 1 aliphatic rings. The number of hydrogen-bond donors (Lipinski definition) is 1. The van der Waals surface area contributed by atoms with Crippen LogP contribution in [0.2, 0.25) is 0 Å². The lowest BCUT2D eigenvalue weighted by molar-refractivity contribution is -0.151. The molecule has 0 atom stereocenters. The summed E-state index contributed by atoms with van der Waals surface area (Å²) in [5.74, 6) is -0.648. The standard InChI is InChI=1S/C23H26N2O5/c1-25(14-21(26)24-19-7-4-8-20(13-19)29-2)22(27)15-30-23(28)12-16-9-10-17-5-3-6-18(17)11-16/h4,7-11,13H,3,5-6,12,14-15H2,1-2H3,(H,24,26). The van der Waals surface area contributed by atoms with Crippen molar-refractivity contribution in [3.63, 3.8) is 0 Å². The topological polar surface area (TPSA) is 84.9 Å². The van der Waals surface area contributed by atoms with Crippen LogP contribution in [0.1, 0.15) is 23.1 Å². The number of amides is 2. The van der Waals surface area contributed by atoms with Crippen LogP contribution in [0.4, 0.5) is 5.69 Å². The number of fused-ring (bicyclic) bond motifs is 1. The van der Waals surface area contributed by atoms with Gasteiger partial charge in [0, 0.05) is 18.8 Å². The lowest BCUT2D eigenvalue weighted by atomic mass is 10.0. The Morgan fingerprint density at radius 2 is 1.87 bits per heavy atom. The van der Waals surface area contributed by atoms with Gasteiger partial charge in [0.25, 0.3) is 5.91 Å². The molecule has 0 spiro atoms. The van der Waals surface area contributed by atoms with E-state index in [9.17, 15) is 14.4 Å². The van der Waals surface area contributed by atoms with E-state index >= 15 is 0 Å². The highest BCUT2D eigenvalue weighted by Gasteiger charge is 2.17. The Labute approximate surface area is 176 Å². The summed E-state index contributed by atoms with van der Waals surface area (Å²) in [4.78, 5) is 37.6. The summed E-state index contributed by atoms with van der Waals surface area (Å²) in [5, 5.41) is 2.70. The van der Waals surface area contributed by atoms with E-state index in [2.05, 4.69) is 11.4 Å². The summed E-state index contributed by atoms with van der Waals surface area (Å²) in [6.45, 7) is -0.550. The Balaban J connectivity index is 1.42. The third-order valence-corrected chi connectivity index (χ3v) is 5.03. The van der Waals surface area contributed by atoms with E-state index in [4.69, 9.17) is 9.47 Å². The predicted octanol–water partition coefficient (Wildman–Crippen LogP) is 2.37. The van der Waals surface area contributed by atoms with E-state index in [1.807, 2.05) is 12.1 Å². The Bertz CT molecular complexity index is 941. The number of hydrogen-bond acceptors (Lipinski definition) is 5. The van der Waals surface area contributed by atoms with Crippen LogP contribution in [0.5, 0.6) is 5.75 Å². The minimum atomic E-state index is -0.462. The molecule has 0 heterocycles. The van der Waals surface area contributed by atoms with Gasteiger partial charge in [-0.05, 0) is 48.1 Å². The molecule has 0 bridgehead atoms. The van der Waals surface area contributed by atoms with Gasteiger partial charge < -0.3 is 19.7 Å². The number of rotatable bonds is 8. The van der Waals surface area contributed by atoms with Gasteiger partial charge in [-0.2, -0.15) is 0 Å². The number of nitrogens with one attached hydrogen (secondary N) is 1. The van der Waals surface area contributed by atoms with Gasteiger partial charge in [0.1, 0.15) is 5.75 Å². The molecular formula is C23H26N2O5. The van der Waals surface area contributed by atoms with Crippen molar-refractivity contribution >= 4 is 23.5 Å². The van der Waals surface area contributed by atoms with Crippen LogP contribution in [-0.4, -0.2) is 50.0 Å². The predicted molar refractivity (Wildman–Crippen MR) is 112 cm³/mol. The van der Waals surface area contributed by atoms with Gasteiger partial charge in [-0.1, -0.05) is 24.3 Å². The van der Waals surface area contributed by atoms with Crippen molar-refractivity contribution < 1.29 is 23.9 Å². The highest BCUT2D eigenvalue weighted by Crippen LogP contribution is 2.23. The molecule has 0 radical (unpaired) electrons. The van der Waals surface area contributed by atoms with Crippen LogP contribution in [0.25, 0.3) is 0 Å². The molecule has 2 aromatic carbocycles. The lowest BCUT2D eigenvalue weighted by Gasteiger charge is -2.17. The molecule has 30 heavy (non-hydrogen) atoms. The molecule has 158 valence electrons. The molecule has 0 aromatic heterocycles. The lowest BCUT2D eigenvalue weighted by Crippen LogP contribution is -2.37. The molecular weight excluding hydrogens is 384 g/mol. The number of esters is 1. The number of methoxy groups -OCH3 is 1. The summed E-state index contributed by atoms with van der Waals surface area (Å²) in [6, 6.07) is 13.0. The average molecular weight is 410 g/mol. The second kappa shape index (κ2) is 9.91. The van der Waals surface area contributed by atoms with E-state index < -0.39 is 18.5 Å². The number of aryl methyl sites for hydroxylation is 2. The summed E-state index contributed by atoms with van der Waals surface area (Å²) < 4.78 is 10.2.